The van der Waals surface area contributed by atoms with Crippen molar-refractivity contribution in [3.8, 4) is 5.75 Å². The number of nitrogens with zero attached hydrogens (tertiary/aromatic N) is 1. The van der Waals surface area contributed by atoms with Gasteiger partial charge in [-0.2, -0.15) is 0 Å². The lowest BCUT2D eigenvalue weighted by molar-refractivity contribution is 0.103. The van der Waals surface area contributed by atoms with Crippen LogP contribution in [0.3, 0.4) is 0 Å². The van der Waals surface area contributed by atoms with Gasteiger partial charge in [0, 0.05) is 29.2 Å². The van der Waals surface area contributed by atoms with E-state index in [1.165, 1.54) is 16.5 Å². The van der Waals surface area contributed by atoms with E-state index in [1.807, 2.05) is 18.5 Å². The van der Waals surface area contributed by atoms with E-state index in [2.05, 4.69) is 61.3 Å². The zero-order chi connectivity index (χ0) is 19.6. The van der Waals surface area contributed by atoms with Crippen LogP contribution in [-0.2, 0) is 5.41 Å². The van der Waals surface area contributed by atoms with E-state index >= 15 is 0 Å². The molecule has 1 heterocycles. The Morgan fingerprint density at radius 3 is 2.57 bits per heavy atom. The first-order valence-electron chi connectivity index (χ1n) is 10.4. The number of aromatic nitrogens is 1. The van der Waals surface area contributed by atoms with Crippen LogP contribution in [0.15, 0.2) is 60.9 Å². The second kappa shape index (κ2) is 7.92. The predicted octanol–water partition coefficient (Wildman–Crippen LogP) is 5.54. The SMILES string of the molecule is CC[C@H](N)[C@]1(c2ccccc2)CC[C@H](Oc2cc3ccncc3cc2C)CC1. The molecule has 1 aliphatic rings. The molecule has 1 saturated carbocycles. The molecule has 1 aromatic heterocycles. The van der Waals surface area contributed by atoms with Crippen molar-refractivity contribution in [1.82, 2.24) is 4.98 Å². The zero-order valence-corrected chi connectivity index (χ0v) is 16.9. The van der Waals surface area contributed by atoms with Gasteiger partial charge in [0.15, 0.2) is 0 Å². The van der Waals surface area contributed by atoms with Gasteiger partial charge in [0.25, 0.3) is 0 Å². The maximum absolute atomic E-state index is 6.65. The summed E-state index contributed by atoms with van der Waals surface area (Å²) in [6.45, 7) is 4.32. The predicted molar refractivity (Wildman–Crippen MR) is 116 cm³/mol. The lowest BCUT2D eigenvalue weighted by Crippen LogP contribution is -2.48. The Hall–Kier alpha value is -2.39. The Labute approximate surface area is 167 Å². The van der Waals surface area contributed by atoms with E-state index in [1.54, 1.807) is 0 Å². The van der Waals surface area contributed by atoms with Gasteiger partial charge in [0.05, 0.1) is 6.10 Å². The molecule has 2 aromatic carbocycles. The first-order chi connectivity index (χ1) is 13.6. The molecule has 3 aromatic rings. The number of hydrogen-bond acceptors (Lipinski definition) is 3. The molecule has 0 saturated heterocycles. The molecule has 1 atom stereocenters. The number of ether oxygens (including phenoxy) is 1. The summed E-state index contributed by atoms with van der Waals surface area (Å²) < 4.78 is 6.48. The van der Waals surface area contributed by atoms with Crippen molar-refractivity contribution in [3.05, 3.63) is 72.1 Å². The molecule has 0 unspecified atom stereocenters. The van der Waals surface area contributed by atoms with E-state index in [0.717, 1.165) is 43.2 Å². The average Bonchev–Trinajstić information content (AvgIpc) is 2.75. The fourth-order valence-corrected chi connectivity index (χ4v) is 4.79. The lowest BCUT2D eigenvalue weighted by atomic mass is 9.64. The summed E-state index contributed by atoms with van der Waals surface area (Å²) >= 11 is 0. The standard InChI is InChI=1S/C25H30N2O/c1-3-24(26)25(21-7-5-4-6-8-21)12-9-22(10-13-25)28-23-16-19-11-14-27-17-20(19)15-18(23)2/h4-8,11,14-17,22,24H,3,9-10,12-13,26H2,1-2H3/t22-,24-,25+/m0/s1. The van der Waals surface area contributed by atoms with Crippen molar-refractivity contribution in [2.45, 2.75) is 63.5 Å². The Balaban J connectivity index is 1.52. The van der Waals surface area contributed by atoms with Gasteiger partial charge in [-0.25, -0.2) is 0 Å². The number of nitrogens with two attached hydrogens (primary N) is 1. The Bertz CT molecular complexity index is 930. The number of hydrogen-bond donors (Lipinski definition) is 1. The topological polar surface area (TPSA) is 48.1 Å². The molecule has 3 heteroatoms. The molecule has 1 aliphatic carbocycles. The molecule has 3 nitrogen and oxygen atoms in total. The molecule has 2 N–H and O–H groups in total. The van der Waals surface area contributed by atoms with Crippen LogP contribution < -0.4 is 10.5 Å². The number of aryl methyl sites for hydroxylation is 1. The first kappa shape index (κ1) is 18.9. The van der Waals surface area contributed by atoms with E-state index in [0.29, 0.717) is 0 Å². The molecule has 0 aliphatic heterocycles. The summed E-state index contributed by atoms with van der Waals surface area (Å²) in [6.07, 6.45) is 9.22. The Kier molecular flexibility index (Phi) is 5.36. The molecular weight excluding hydrogens is 344 g/mol. The minimum absolute atomic E-state index is 0.0694. The van der Waals surface area contributed by atoms with Gasteiger partial charge in [-0.3, -0.25) is 4.98 Å². The maximum atomic E-state index is 6.65. The van der Waals surface area contributed by atoms with Gasteiger partial charge in [0.1, 0.15) is 5.75 Å². The normalized spacial score (nSPS) is 23.5. The van der Waals surface area contributed by atoms with Gasteiger partial charge in [-0.05, 0) is 73.7 Å². The van der Waals surface area contributed by atoms with Crippen molar-refractivity contribution in [1.29, 1.82) is 0 Å². The summed E-state index contributed by atoms with van der Waals surface area (Å²) in [4.78, 5) is 4.22. The second-order valence-electron chi connectivity index (χ2n) is 8.19. The van der Waals surface area contributed by atoms with E-state index in [9.17, 15) is 0 Å². The largest absolute Gasteiger partial charge is 0.490 e. The van der Waals surface area contributed by atoms with Gasteiger partial charge in [0.2, 0.25) is 0 Å². The van der Waals surface area contributed by atoms with Crippen LogP contribution in [-0.4, -0.2) is 17.1 Å². The summed E-state index contributed by atoms with van der Waals surface area (Å²) in [5, 5.41) is 2.34. The van der Waals surface area contributed by atoms with Gasteiger partial charge < -0.3 is 10.5 Å². The van der Waals surface area contributed by atoms with E-state index in [-0.39, 0.29) is 17.6 Å². The molecule has 28 heavy (non-hydrogen) atoms. The monoisotopic (exact) mass is 374 g/mol. The number of pyridine rings is 1. The summed E-state index contributed by atoms with van der Waals surface area (Å²) in [5.74, 6) is 0.996. The number of rotatable bonds is 5. The van der Waals surface area contributed by atoms with Crippen molar-refractivity contribution in [2.75, 3.05) is 0 Å². The maximum Gasteiger partial charge on any atom is 0.123 e. The highest BCUT2D eigenvalue weighted by Gasteiger charge is 2.41. The molecule has 0 amide bonds. The van der Waals surface area contributed by atoms with Crippen molar-refractivity contribution in [2.24, 2.45) is 5.73 Å². The van der Waals surface area contributed by atoms with E-state index < -0.39 is 0 Å². The molecule has 1 fully saturated rings. The average molecular weight is 375 g/mol. The first-order valence-corrected chi connectivity index (χ1v) is 10.4. The molecule has 0 bridgehead atoms. The highest BCUT2D eigenvalue weighted by molar-refractivity contribution is 5.84. The zero-order valence-electron chi connectivity index (χ0n) is 16.9. The fourth-order valence-electron chi connectivity index (χ4n) is 4.79. The Morgan fingerprint density at radius 1 is 1.11 bits per heavy atom. The highest BCUT2D eigenvalue weighted by atomic mass is 16.5. The van der Waals surface area contributed by atoms with Crippen LogP contribution in [0.2, 0.25) is 0 Å². The molecule has 0 spiro atoms. The van der Waals surface area contributed by atoms with Crippen LogP contribution in [0.1, 0.15) is 50.2 Å². The smallest absolute Gasteiger partial charge is 0.123 e. The minimum Gasteiger partial charge on any atom is -0.490 e. The quantitative estimate of drug-likeness (QED) is 0.638. The van der Waals surface area contributed by atoms with Crippen LogP contribution in [0.5, 0.6) is 5.75 Å². The van der Waals surface area contributed by atoms with Crippen LogP contribution in [0.25, 0.3) is 10.8 Å². The van der Waals surface area contributed by atoms with Gasteiger partial charge >= 0.3 is 0 Å². The van der Waals surface area contributed by atoms with E-state index in [4.69, 9.17) is 10.5 Å². The lowest BCUT2D eigenvalue weighted by Gasteiger charge is -2.44. The number of fused-ring (bicyclic) bond motifs is 1. The molecular formula is C25H30N2O. The molecule has 4 rings (SSSR count). The second-order valence-corrected chi connectivity index (χ2v) is 8.19. The molecule has 146 valence electrons. The summed E-state index contributed by atoms with van der Waals surface area (Å²) in [6, 6.07) is 17.4. The summed E-state index contributed by atoms with van der Waals surface area (Å²) in [7, 11) is 0. The third-order valence-corrected chi connectivity index (χ3v) is 6.55. The number of benzene rings is 2. The molecule has 0 radical (unpaired) electrons. The summed E-state index contributed by atoms with van der Waals surface area (Å²) in [5.41, 5.74) is 9.28. The van der Waals surface area contributed by atoms with Crippen molar-refractivity contribution >= 4 is 10.8 Å². The van der Waals surface area contributed by atoms with Crippen LogP contribution in [0, 0.1) is 6.92 Å². The third kappa shape index (κ3) is 3.51. The van der Waals surface area contributed by atoms with Gasteiger partial charge in [-0.1, -0.05) is 37.3 Å². The minimum atomic E-state index is 0.0694. The van der Waals surface area contributed by atoms with Crippen molar-refractivity contribution < 1.29 is 4.74 Å². The van der Waals surface area contributed by atoms with Crippen molar-refractivity contribution in [3.63, 3.8) is 0 Å². The third-order valence-electron chi connectivity index (χ3n) is 6.55. The highest BCUT2D eigenvalue weighted by Crippen LogP contribution is 2.43. The fraction of sp³-hybridized carbons (Fsp3) is 0.400. The van der Waals surface area contributed by atoms with Gasteiger partial charge in [-0.15, -0.1) is 0 Å². The van der Waals surface area contributed by atoms with Crippen LogP contribution in [0.4, 0.5) is 0 Å². The Morgan fingerprint density at radius 2 is 1.86 bits per heavy atom. The van der Waals surface area contributed by atoms with Crippen LogP contribution >= 0.6 is 0 Å².